The molecule has 0 aromatic heterocycles. The van der Waals surface area contributed by atoms with Gasteiger partial charge in [0.25, 0.3) is 0 Å². The molecule has 1 aliphatic carbocycles. The van der Waals surface area contributed by atoms with Crippen LogP contribution < -0.4 is 5.32 Å². The van der Waals surface area contributed by atoms with E-state index in [1.165, 1.54) is 26.5 Å². The molecule has 1 heterocycles. The van der Waals surface area contributed by atoms with E-state index < -0.39 is 5.54 Å². The predicted molar refractivity (Wildman–Crippen MR) is 80.7 cm³/mol. The second kappa shape index (κ2) is 6.02. The maximum Gasteiger partial charge on any atom is 0.326 e. The van der Waals surface area contributed by atoms with Gasteiger partial charge in [-0.3, -0.25) is 9.69 Å². The largest absolute Gasteiger partial charge is 0.468 e. The van der Waals surface area contributed by atoms with Crippen molar-refractivity contribution in [2.45, 2.75) is 64.5 Å². The van der Waals surface area contributed by atoms with Gasteiger partial charge in [-0.2, -0.15) is 0 Å². The number of methoxy groups -OCH3 is 1. The number of rotatable bonds is 4. The molecular weight excluding hydrogens is 252 g/mol. The zero-order valence-corrected chi connectivity index (χ0v) is 13.5. The second-order valence-corrected chi connectivity index (χ2v) is 7.24. The normalized spacial score (nSPS) is 34.1. The first-order chi connectivity index (χ1) is 9.42. The van der Waals surface area contributed by atoms with Crippen molar-refractivity contribution in [1.82, 2.24) is 10.2 Å². The molecule has 0 aromatic rings. The summed E-state index contributed by atoms with van der Waals surface area (Å²) in [6.07, 6.45) is 5.47. The summed E-state index contributed by atoms with van der Waals surface area (Å²) >= 11 is 0. The molecule has 1 aliphatic heterocycles. The molecule has 2 fully saturated rings. The van der Waals surface area contributed by atoms with E-state index in [0.717, 1.165) is 32.4 Å². The number of carbonyl (C=O) groups excluding carboxylic acids is 1. The number of ether oxygens (including phenoxy) is 1. The first kappa shape index (κ1) is 15.8. The van der Waals surface area contributed by atoms with Crippen LogP contribution in [0.25, 0.3) is 0 Å². The molecule has 4 heteroatoms. The predicted octanol–water partition coefficient (Wildman–Crippen LogP) is 2.18. The molecule has 0 radical (unpaired) electrons. The van der Waals surface area contributed by atoms with Crippen molar-refractivity contribution in [1.29, 1.82) is 0 Å². The van der Waals surface area contributed by atoms with Crippen molar-refractivity contribution in [2.24, 2.45) is 5.41 Å². The number of likely N-dealkylation sites (N-methyl/N-ethyl adjacent to an activating group) is 1. The van der Waals surface area contributed by atoms with Crippen molar-refractivity contribution >= 4 is 5.97 Å². The van der Waals surface area contributed by atoms with Crippen LogP contribution in [0.4, 0.5) is 0 Å². The van der Waals surface area contributed by atoms with Gasteiger partial charge < -0.3 is 10.1 Å². The van der Waals surface area contributed by atoms with Crippen molar-refractivity contribution in [3.05, 3.63) is 0 Å². The lowest BCUT2D eigenvalue weighted by atomic mass is 9.83. The zero-order chi connectivity index (χ0) is 14.8. The Morgan fingerprint density at radius 3 is 2.75 bits per heavy atom. The number of nitrogens with zero attached hydrogens (tertiary/aromatic N) is 1. The highest BCUT2D eigenvalue weighted by Gasteiger charge is 2.48. The molecule has 116 valence electrons. The van der Waals surface area contributed by atoms with Crippen molar-refractivity contribution < 1.29 is 9.53 Å². The summed E-state index contributed by atoms with van der Waals surface area (Å²) in [7, 11) is 1.50. The van der Waals surface area contributed by atoms with Crippen LogP contribution in [0.15, 0.2) is 0 Å². The molecular formula is C16H30N2O2. The molecule has 0 amide bonds. The van der Waals surface area contributed by atoms with Crippen LogP contribution in [0.3, 0.4) is 0 Å². The molecule has 1 N–H and O–H groups in total. The molecule has 0 bridgehead atoms. The van der Waals surface area contributed by atoms with Crippen molar-refractivity contribution in [3.63, 3.8) is 0 Å². The van der Waals surface area contributed by atoms with Crippen LogP contribution >= 0.6 is 0 Å². The van der Waals surface area contributed by atoms with E-state index in [0.29, 0.717) is 11.5 Å². The monoisotopic (exact) mass is 282 g/mol. The van der Waals surface area contributed by atoms with Gasteiger partial charge in [0.15, 0.2) is 0 Å². The van der Waals surface area contributed by atoms with Crippen LogP contribution in [0.5, 0.6) is 0 Å². The van der Waals surface area contributed by atoms with Gasteiger partial charge in [0, 0.05) is 12.6 Å². The smallest absolute Gasteiger partial charge is 0.326 e. The average Bonchev–Trinajstić information content (AvgIpc) is 2.83. The quantitative estimate of drug-likeness (QED) is 0.803. The number of piperidine rings is 1. The number of likely N-dealkylation sites (tertiary alicyclic amines) is 1. The summed E-state index contributed by atoms with van der Waals surface area (Å²) in [5.41, 5.74) is -0.0390. The summed E-state index contributed by atoms with van der Waals surface area (Å²) in [5, 5.41) is 3.40. The first-order valence-corrected chi connectivity index (χ1v) is 8.00. The first-order valence-electron chi connectivity index (χ1n) is 8.00. The second-order valence-electron chi connectivity index (χ2n) is 7.24. The van der Waals surface area contributed by atoms with E-state index in [2.05, 4.69) is 31.0 Å². The third-order valence-corrected chi connectivity index (χ3v) is 5.03. The van der Waals surface area contributed by atoms with Gasteiger partial charge in [0.2, 0.25) is 0 Å². The fourth-order valence-electron chi connectivity index (χ4n) is 4.06. The Morgan fingerprint density at radius 1 is 1.40 bits per heavy atom. The lowest BCUT2D eigenvalue weighted by molar-refractivity contribution is -0.148. The van der Waals surface area contributed by atoms with Crippen LogP contribution in [0.1, 0.15) is 52.9 Å². The zero-order valence-electron chi connectivity index (χ0n) is 13.5. The highest BCUT2D eigenvalue weighted by Crippen LogP contribution is 2.38. The third-order valence-electron chi connectivity index (χ3n) is 5.03. The van der Waals surface area contributed by atoms with Gasteiger partial charge in [-0.15, -0.1) is 0 Å². The van der Waals surface area contributed by atoms with Crippen molar-refractivity contribution in [2.75, 3.05) is 26.7 Å². The third kappa shape index (κ3) is 3.17. The molecule has 1 saturated heterocycles. The maximum absolute atomic E-state index is 12.2. The summed E-state index contributed by atoms with van der Waals surface area (Å²) in [4.78, 5) is 14.8. The highest BCUT2D eigenvalue weighted by atomic mass is 16.5. The van der Waals surface area contributed by atoms with Gasteiger partial charge in [0.1, 0.15) is 5.54 Å². The van der Waals surface area contributed by atoms with E-state index in [1.807, 2.05) is 0 Å². The van der Waals surface area contributed by atoms with Crippen LogP contribution in [-0.2, 0) is 9.53 Å². The minimum absolute atomic E-state index is 0.0851. The van der Waals surface area contributed by atoms with E-state index >= 15 is 0 Å². The molecule has 2 atom stereocenters. The Balaban J connectivity index is 2.04. The molecule has 0 aromatic carbocycles. The number of nitrogens with one attached hydrogen (secondary N) is 1. The minimum Gasteiger partial charge on any atom is -0.468 e. The number of hydrogen-bond acceptors (Lipinski definition) is 4. The van der Waals surface area contributed by atoms with E-state index in [-0.39, 0.29) is 5.97 Å². The number of carbonyl (C=O) groups is 1. The Bertz CT molecular complexity index is 356. The summed E-state index contributed by atoms with van der Waals surface area (Å²) in [6, 6.07) is 0.521. The molecule has 2 aliphatic rings. The standard InChI is InChI=1S/C16H30N2O2/c1-5-17-16(14(19)20-4)9-7-13(11-16)18-10-6-8-15(2,3)12-18/h13,17H,5-12H2,1-4H3. The Hall–Kier alpha value is -0.610. The van der Waals surface area contributed by atoms with E-state index in [1.54, 1.807) is 0 Å². The van der Waals surface area contributed by atoms with Crippen LogP contribution in [-0.4, -0.2) is 49.2 Å². The lowest BCUT2D eigenvalue weighted by Gasteiger charge is -2.41. The Kier molecular flexibility index (Phi) is 4.75. The van der Waals surface area contributed by atoms with Crippen molar-refractivity contribution in [3.8, 4) is 0 Å². The average molecular weight is 282 g/mol. The van der Waals surface area contributed by atoms with Gasteiger partial charge >= 0.3 is 5.97 Å². The lowest BCUT2D eigenvalue weighted by Crippen LogP contribution is -2.53. The highest BCUT2D eigenvalue weighted by molar-refractivity contribution is 5.81. The van der Waals surface area contributed by atoms with Gasteiger partial charge in [0.05, 0.1) is 7.11 Å². The topological polar surface area (TPSA) is 41.6 Å². The fourth-order valence-corrected chi connectivity index (χ4v) is 4.06. The molecule has 2 unspecified atom stereocenters. The SMILES string of the molecule is CCNC1(C(=O)OC)CCC(N2CCCC(C)(C)C2)C1. The summed E-state index contributed by atoms with van der Waals surface area (Å²) in [5.74, 6) is -0.0851. The van der Waals surface area contributed by atoms with Gasteiger partial charge in [-0.25, -0.2) is 0 Å². The molecule has 2 rings (SSSR count). The number of hydrogen-bond donors (Lipinski definition) is 1. The van der Waals surface area contributed by atoms with Crippen LogP contribution in [0.2, 0.25) is 0 Å². The van der Waals surface area contributed by atoms with E-state index in [9.17, 15) is 4.79 Å². The van der Waals surface area contributed by atoms with Gasteiger partial charge in [-0.05, 0) is 50.6 Å². The Labute approximate surface area is 123 Å². The van der Waals surface area contributed by atoms with Crippen LogP contribution in [0, 0.1) is 5.41 Å². The molecule has 20 heavy (non-hydrogen) atoms. The maximum atomic E-state index is 12.2. The fraction of sp³-hybridized carbons (Fsp3) is 0.938. The van der Waals surface area contributed by atoms with Gasteiger partial charge in [-0.1, -0.05) is 20.8 Å². The summed E-state index contributed by atoms with van der Waals surface area (Å²) < 4.78 is 5.05. The Morgan fingerprint density at radius 2 is 2.15 bits per heavy atom. The van der Waals surface area contributed by atoms with E-state index in [4.69, 9.17) is 4.74 Å². The molecule has 0 spiro atoms. The molecule has 1 saturated carbocycles. The molecule has 4 nitrogen and oxygen atoms in total. The minimum atomic E-state index is -0.449. The summed E-state index contributed by atoms with van der Waals surface area (Å²) in [6.45, 7) is 9.91. The number of esters is 1.